The summed E-state index contributed by atoms with van der Waals surface area (Å²) in [5, 5.41) is 11.2. The number of ether oxygens (including phenoxy) is 5. The quantitative estimate of drug-likeness (QED) is 0.270. The Morgan fingerprint density at radius 2 is 1.88 bits per heavy atom. The lowest BCUT2D eigenvalue weighted by atomic mass is 9.51. The number of esters is 3. The van der Waals surface area contributed by atoms with Crippen LogP contribution in [0.5, 0.6) is 0 Å². The molecule has 9 heteroatoms. The van der Waals surface area contributed by atoms with Gasteiger partial charge in [-0.25, -0.2) is 0 Å². The molecule has 0 unspecified atom stereocenters. The lowest BCUT2D eigenvalue weighted by molar-refractivity contribution is -0.241. The van der Waals surface area contributed by atoms with Crippen LogP contribution in [0.15, 0.2) is 11.6 Å². The Bertz CT molecular complexity index is 875. The topological polar surface area (TPSA) is 121 Å². The van der Waals surface area contributed by atoms with Crippen molar-refractivity contribution in [2.45, 2.75) is 90.5 Å². The van der Waals surface area contributed by atoms with Gasteiger partial charge in [0.1, 0.15) is 36.6 Å². The highest BCUT2D eigenvalue weighted by Crippen LogP contribution is 2.72. The van der Waals surface area contributed by atoms with Gasteiger partial charge in [0, 0.05) is 26.7 Å². The summed E-state index contributed by atoms with van der Waals surface area (Å²) in [6, 6.07) is 0. The average molecular weight is 467 g/mol. The van der Waals surface area contributed by atoms with Gasteiger partial charge < -0.3 is 28.8 Å². The van der Waals surface area contributed by atoms with Crippen LogP contribution < -0.4 is 0 Å². The van der Waals surface area contributed by atoms with Crippen LogP contribution in [0.1, 0.15) is 54.4 Å². The van der Waals surface area contributed by atoms with Crippen molar-refractivity contribution in [1.82, 2.24) is 0 Å². The fourth-order valence-electron chi connectivity index (χ4n) is 6.26. The third kappa shape index (κ3) is 3.51. The van der Waals surface area contributed by atoms with Gasteiger partial charge in [0.05, 0.1) is 23.5 Å². The monoisotopic (exact) mass is 466 g/mol. The summed E-state index contributed by atoms with van der Waals surface area (Å²) < 4.78 is 29.4. The van der Waals surface area contributed by atoms with E-state index in [2.05, 4.69) is 0 Å². The maximum absolute atomic E-state index is 12.5. The Hall–Kier alpha value is -1.97. The number of hydrogen-bond acceptors (Lipinski definition) is 9. The Labute approximate surface area is 193 Å². The number of carbonyl (C=O) groups is 3. The van der Waals surface area contributed by atoms with Crippen LogP contribution in [0.3, 0.4) is 0 Å². The van der Waals surface area contributed by atoms with Crippen molar-refractivity contribution in [2.75, 3.05) is 13.2 Å². The van der Waals surface area contributed by atoms with E-state index < -0.39 is 58.9 Å². The van der Waals surface area contributed by atoms with Gasteiger partial charge in [0.15, 0.2) is 0 Å². The molecular weight excluding hydrogens is 432 g/mol. The second kappa shape index (κ2) is 8.06. The fraction of sp³-hybridized carbons (Fsp3) is 0.792. The van der Waals surface area contributed by atoms with Crippen molar-refractivity contribution < 1.29 is 43.2 Å². The summed E-state index contributed by atoms with van der Waals surface area (Å²) in [5.41, 5.74) is -2.00. The molecule has 2 aliphatic heterocycles. The smallest absolute Gasteiger partial charge is 0.306 e. The molecule has 3 fully saturated rings. The molecule has 0 aromatic carbocycles. The molecule has 184 valence electrons. The minimum Gasteiger partial charge on any atom is -0.465 e. The molecule has 1 N–H and O–H groups in total. The molecule has 0 aromatic rings. The standard InChI is InChI=1S/C24H34O9/c1-12(2)7-18(27)32-16-9-23(10-29-14(4)25)17(8-13(16)3)33-21-19(28)20(31-15(5)26)22(23,6)24(21)11-30-24/h8,12,16-17,19-21,28H,7,9-11H2,1-6H3/t16-,17+,19-,20+,21-,22-,23+,24-/m0/s1. The van der Waals surface area contributed by atoms with E-state index in [4.69, 9.17) is 23.7 Å². The molecule has 4 aliphatic rings. The van der Waals surface area contributed by atoms with Crippen LogP contribution in [-0.4, -0.2) is 72.3 Å². The molecule has 2 aliphatic carbocycles. The predicted octanol–water partition coefficient (Wildman–Crippen LogP) is 1.69. The van der Waals surface area contributed by atoms with E-state index in [1.54, 1.807) is 0 Å². The van der Waals surface area contributed by atoms with Crippen LogP contribution in [0, 0.1) is 16.7 Å². The summed E-state index contributed by atoms with van der Waals surface area (Å²) in [7, 11) is 0. The summed E-state index contributed by atoms with van der Waals surface area (Å²) in [4.78, 5) is 36.4. The lowest BCUT2D eigenvalue weighted by Crippen LogP contribution is -2.68. The van der Waals surface area contributed by atoms with E-state index in [1.807, 2.05) is 33.8 Å². The van der Waals surface area contributed by atoms with Gasteiger partial charge >= 0.3 is 17.9 Å². The number of aliphatic hydroxyl groups is 1. The molecule has 4 rings (SSSR count). The first-order valence-electron chi connectivity index (χ1n) is 11.5. The van der Waals surface area contributed by atoms with Crippen molar-refractivity contribution in [3.8, 4) is 0 Å². The molecule has 9 nitrogen and oxygen atoms in total. The van der Waals surface area contributed by atoms with Gasteiger partial charge in [-0.2, -0.15) is 0 Å². The van der Waals surface area contributed by atoms with E-state index >= 15 is 0 Å². The Morgan fingerprint density at radius 1 is 1.21 bits per heavy atom. The number of fused-ring (bicyclic) bond motifs is 2. The summed E-state index contributed by atoms with van der Waals surface area (Å²) in [6.45, 7) is 10.5. The van der Waals surface area contributed by atoms with Crippen LogP contribution >= 0.6 is 0 Å². The van der Waals surface area contributed by atoms with Crippen LogP contribution in [0.4, 0.5) is 0 Å². The first kappa shape index (κ1) is 24.2. The minimum atomic E-state index is -1.11. The largest absolute Gasteiger partial charge is 0.465 e. The van der Waals surface area contributed by atoms with Crippen molar-refractivity contribution in [3.05, 3.63) is 11.6 Å². The highest BCUT2D eigenvalue weighted by molar-refractivity contribution is 5.70. The van der Waals surface area contributed by atoms with Gasteiger partial charge in [-0.3, -0.25) is 14.4 Å². The third-order valence-corrected chi connectivity index (χ3v) is 8.00. The van der Waals surface area contributed by atoms with Gasteiger partial charge in [0.25, 0.3) is 0 Å². The molecule has 0 amide bonds. The summed E-state index contributed by atoms with van der Waals surface area (Å²) in [5.74, 6) is -1.18. The first-order chi connectivity index (χ1) is 15.4. The Morgan fingerprint density at radius 3 is 2.42 bits per heavy atom. The second-order valence-electron chi connectivity index (χ2n) is 10.5. The van der Waals surface area contributed by atoms with Crippen molar-refractivity contribution in [2.24, 2.45) is 16.7 Å². The van der Waals surface area contributed by atoms with E-state index in [-0.39, 0.29) is 31.3 Å². The summed E-state index contributed by atoms with van der Waals surface area (Å²) >= 11 is 0. The highest BCUT2D eigenvalue weighted by Gasteiger charge is 2.86. The zero-order valence-corrected chi connectivity index (χ0v) is 20.1. The highest BCUT2D eigenvalue weighted by atomic mass is 16.7. The molecule has 2 saturated heterocycles. The normalized spacial score (nSPS) is 43.0. The zero-order chi connectivity index (χ0) is 24.3. The van der Waals surface area contributed by atoms with Gasteiger partial charge in [-0.05, 0) is 18.4 Å². The SMILES string of the molecule is CC(=O)OC[C@]12C[C@H](OC(=O)CC(C)C)C(C)=C[C@H]1O[C@H]1[C@@H](O)[C@@H](OC(C)=O)[C@]2(C)[C@]12CO2. The first-order valence-corrected chi connectivity index (χ1v) is 11.5. The molecule has 2 heterocycles. The van der Waals surface area contributed by atoms with Gasteiger partial charge in [0.2, 0.25) is 0 Å². The van der Waals surface area contributed by atoms with Crippen molar-refractivity contribution in [3.63, 3.8) is 0 Å². The molecule has 0 aromatic heterocycles. The molecule has 1 saturated carbocycles. The van der Waals surface area contributed by atoms with Crippen molar-refractivity contribution >= 4 is 17.9 Å². The van der Waals surface area contributed by atoms with Crippen LogP contribution in [0.2, 0.25) is 0 Å². The summed E-state index contributed by atoms with van der Waals surface area (Å²) in [6.07, 6.45) is -1.46. The van der Waals surface area contributed by atoms with Gasteiger partial charge in [-0.1, -0.05) is 26.8 Å². The third-order valence-electron chi connectivity index (χ3n) is 8.00. The Kier molecular flexibility index (Phi) is 5.90. The van der Waals surface area contributed by atoms with Crippen LogP contribution in [-0.2, 0) is 38.1 Å². The maximum atomic E-state index is 12.5. The minimum absolute atomic E-state index is 0.0617. The maximum Gasteiger partial charge on any atom is 0.306 e. The van der Waals surface area contributed by atoms with E-state index in [0.717, 1.165) is 5.57 Å². The average Bonchev–Trinajstić information content (AvgIpc) is 3.48. The number of hydrogen-bond donors (Lipinski definition) is 1. The molecule has 0 radical (unpaired) electrons. The van der Waals surface area contributed by atoms with Gasteiger partial charge in [-0.15, -0.1) is 0 Å². The van der Waals surface area contributed by atoms with E-state index in [9.17, 15) is 19.5 Å². The zero-order valence-electron chi connectivity index (χ0n) is 20.1. The van der Waals surface area contributed by atoms with E-state index in [0.29, 0.717) is 6.61 Å². The molecule has 8 atom stereocenters. The molecule has 1 spiro atoms. The number of aliphatic hydroxyl groups excluding tert-OH is 1. The number of rotatable bonds is 6. The fourth-order valence-corrected chi connectivity index (χ4v) is 6.26. The Balaban J connectivity index is 1.79. The van der Waals surface area contributed by atoms with E-state index in [1.165, 1.54) is 13.8 Å². The number of carbonyl (C=O) groups excluding carboxylic acids is 3. The molecular formula is C24H34O9. The van der Waals surface area contributed by atoms with Crippen molar-refractivity contribution in [1.29, 1.82) is 0 Å². The predicted molar refractivity (Wildman–Crippen MR) is 114 cm³/mol. The second-order valence-corrected chi connectivity index (χ2v) is 10.5. The molecule has 2 bridgehead atoms. The number of epoxide rings is 1. The molecule has 33 heavy (non-hydrogen) atoms. The van der Waals surface area contributed by atoms with Crippen LogP contribution in [0.25, 0.3) is 0 Å². The lowest BCUT2D eigenvalue weighted by Gasteiger charge is -2.58.